The van der Waals surface area contributed by atoms with Crippen molar-refractivity contribution in [2.45, 2.75) is 19.0 Å². The van der Waals surface area contributed by atoms with Crippen molar-refractivity contribution < 1.29 is 0 Å². The maximum absolute atomic E-state index is 3.60. The van der Waals surface area contributed by atoms with Crippen LogP contribution in [0, 0.1) is 0 Å². The molecule has 1 aromatic rings. The van der Waals surface area contributed by atoms with E-state index in [0.29, 0.717) is 6.04 Å². The quantitative estimate of drug-likeness (QED) is 0.856. The van der Waals surface area contributed by atoms with Crippen LogP contribution in [0.3, 0.4) is 0 Å². The van der Waals surface area contributed by atoms with Gasteiger partial charge < -0.3 is 15.1 Å². The van der Waals surface area contributed by atoms with Crippen molar-refractivity contribution >= 4 is 5.69 Å². The van der Waals surface area contributed by atoms with Gasteiger partial charge in [-0.3, -0.25) is 0 Å². The minimum atomic E-state index is 0.611. The Labute approximate surface area is 104 Å². The Morgan fingerprint density at radius 2 is 2.00 bits per heavy atom. The van der Waals surface area contributed by atoms with Gasteiger partial charge in [0.2, 0.25) is 0 Å². The van der Waals surface area contributed by atoms with E-state index in [1.54, 1.807) is 0 Å². The first-order chi connectivity index (χ1) is 8.13. The minimum absolute atomic E-state index is 0.611. The van der Waals surface area contributed by atoms with Crippen LogP contribution in [0.15, 0.2) is 24.3 Å². The maximum Gasteiger partial charge on any atom is 0.0400 e. The lowest BCUT2D eigenvalue weighted by atomic mass is 10.2. The predicted octanol–water partition coefficient (Wildman–Crippen LogP) is 1.86. The van der Waals surface area contributed by atoms with Crippen molar-refractivity contribution in [3.05, 3.63) is 29.8 Å². The number of hydrogen-bond acceptors (Lipinski definition) is 3. The van der Waals surface area contributed by atoms with Gasteiger partial charge in [-0.05, 0) is 51.8 Å². The van der Waals surface area contributed by atoms with Gasteiger partial charge in [0.1, 0.15) is 0 Å². The lowest BCUT2D eigenvalue weighted by molar-refractivity contribution is 0.402. The van der Waals surface area contributed by atoms with E-state index < -0.39 is 0 Å². The number of benzene rings is 1. The fourth-order valence-corrected chi connectivity index (χ4v) is 2.36. The van der Waals surface area contributed by atoms with Crippen molar-refractivity contribution in [2.24, 2.45) is 0 Å². The lowest BCUT2D eigenvalue weighted by Crippen LogP contribution is -2.23. The van der Waals surface area contributed by atoms with E-state index in [1.807, 2.05) is 0 Å². The van der Waals surface area contributed by atoms with Crippen molar-refractivity contribution in [1.29, 1.82) is 0 Å². The number of likely N-dealkylation sites (tertiary alicyclic amines) is 1. The number of nitrogens with one attached hydrogen (secondary N) is 1. The van der Waals surface area contributed by atoms with Crippen LogP contribution in [0.25, 0.3) is 0 Å². The van der Waals surface area contributed by atoms with E-state index in [2.05, 4.69) is 60.5 Å². The second-order valence-corrected chi connectivity index (χ2v) is 5.33. The smallest absolute Gasteiger partial charge is 0.0400 e. The summed E-state index contributed by atoms with van der Waals surface area (Å²) in [6, 6.07) is 9.41. The molecule has 1 heterocycles. The van der Waals surface area contributed by atoms with E-state index in [-0.39, 0.29) is 0 Å². The second-order valence-electron chi connectivity index (χ2n) is 5.33. The molecule has 1 fully saturated rings. The van der Waals surface area contributed by atoms with Crippen molar-refractivity contribution in [2.75, 3.05) is 39.5 Å². The Hall–Kier alpha value is -1.06. The van der Waals surface area contributed by atoms with Crippen LogP contribution in [-0.4, -0.2) is 50.1 Å². The summed E-state index contributed by atoms with van der Waals surface area (Å²) < 4.78 is 0. The van der Waals surface area contributed by atoms with Gasteiger partial charge in [0.15, 0.2) is 0 Å². The molecular weight excluding hydrogens is 210 g/mol. The van der Waals surface area contributed by atoms with Crippen LogP contribution in [0.1, 0.15) is 12.0 Å². The molecular formula is C14H23N3. The maximum atomic E-state index is 3.60. The van der Waals surface area contributed by atoms with Gasteiger partial charge in [0.25, 0.3) is 0 Å². The Kier molecular flexibility index (Phi) is 4.02. The molecule has 3 nitrogen and oxygen atoms in total. The molecule has 94 valence electrons. The first kappa shape index (κ1) is 12.4. The van der Waals surface area contributed by atoms with E-state index in [1.165, 1.54) is 24.2 Å². The van der Waals surface area contributed by atoms with Crippen LogP contribution in [0.5, 0.6) is 0 Å². The average Bonchev–Trinajstić information content (AvgIpc) is 2.66. The van der Waals surface area contributed by atoms with Gasteiger partial charge >= 0.3 is 0 Å². The third-order valence-electron chi connectivity index (χ3n) is 3.21. The number of anilines is 1. The summed E-state index contributed by atoms with van der Waals surface area (Å²) in [5.74, 6) is 0. The highest BCUT2D eigenvalue weighted by atomic mass is 15.2. The molecule has 1 N–H and O–H groups in total. The molecule has 17 heavy (non-hydrogen) atoms. The zero-order valence-electron chi connectivity index (χ0n) is 11.1. The Bertz CT molecular complexity index is 345. The fourth-order valence-electron chi connectivity index (χ4n) is 2.36. The Balaban J connectivity index is 1.89. The third-order valence-corrected chi connectivity index (χ3v) is 3.21. The standard InChI is InChI=1S/C14H23N3/c1-16(2)10-12-4-6-13(7-5-12)15-14-8-9-17(3)11-14/h4-7,14-15H,8-11H2,1-3H3. The molecule has 0 aromatic heterocycles. The van der Waals surface area contributed by atoms with E-state index in [0.717, 1.165) is 13.1 Å². The third kappa shape index (κ3) is 3.72. The normalized spacial score (nSPS) is 21.1. The molecule has 2 rings (SSSR count). The summed E-state index contributed by atoms with van der Waals surface area (Å²) in [5.41, 5.74) is 2.61. The number of likely N-dealkylation sites (N-methyl/N-ethyl adjacent to an activating group) is 1. The first-order valence-electron chi connectivity index (χ1n) is 6.32. The molecule has 0 radical (unpaired) electrons. The molecule has 3 heteroatoms. The zero-order chi connectivity index (χ0) is 12.3. The predicted molar refractivity (Wildman–Crippen MR) is 73.4 cm³/mol. The highest BCUT2D eigenvalue weighted by Gasteiger charge is 2.18. The van der Waals surface area contributed by atoms with Gasteiger partial charge in [-0.25, -0.2) is 0 Å². The van der Waals surface area contributed by atoms with E-state index in [9.17, 15) is 0 Å². The molecule has 1 aliphatic heterocycles. The molecule has 1 aliphatic rings. The molecule has 0 spiro atoms. The summed E-state index contributed by atoms with van der Waals surface area (Å²) in [6.07, 6.45) is 1.25. The van der Waals surface area contributed by atoms with Crippen LogP contribution < -0.4 is 5.32 Å². The SMILES string of the molecule is CN(C)Cc1ccc(NC2CCN(C)C2)cc1. The first-order valence-corrected chi connectivity index (χ1v) is 6.32. The molecule has 0 aliphatic carbocycles. The molecule has 1 atom stereocenters. The summed E-state index contributed by atoms with van der Waals surface area (Å²) >= 11 is 0. The van der Waals surface area contributed by atoms with E-state index >= 15 is 0 Å². The largest absolute Gasteiger partial charge is 0.381 e. The summed E-state index contributed by atoms with van der Waals surface area (Å²) in [5, 5.41) is 3.60. The van der Waals surface area contributed by atoms with Crippen molar-refractivity contribution in [3.8, 4) is 0 Å². The van der Waals surface area contributed by atoms with Gasteiger partial charge in [0.05, 0.1) is 0 Å². The van der Waals surface area contributed by atoms with Crippen LogP contribution in [0.2, 0.25) is 0 Å². The van der Waals surface area contributed by atoms with Crippen LogP contribution in [-0.2, 0) is 6.54 Å². The molecule has 1 unspecified atom stereocenters. The van der Waals surface area contributed by atoms with Gasteiger partial charge in [-0.2, -0.15) is 0 Å². The summed E-state index contributed by atoms with van der Waals surface area (Å²) in [7, 11) is 6.38. The fraction of sp³-hybridized carbons (Fsp3) is 0.571. The Morgan fingerprint density at radius 1 is 1.29 bits per heavy atom. The highest BCUT2D eigenvalue weighted by Crippen LogP contribution is 2.16. The van der Waals surface area contributed by atoms with Gasteiger partial charge in [-0.15, -0.1) is 0 Å². The second kappa shape index (κ2) is 5.52. The lowest BCUT2D eigenvalue weighted by Gasteiger charge is -2.15. The summed E-state index contributed by atoms with van der Waals surface area (Å²) in [4.78, 5) is 4.56. The number of hydrogen-bond donors (Lipinski definition) is 1. The molecule has 0 bridgehead atoms. The molecule has 0 amide bonds. The van der Waals surface area contributed by atoms with Gasteiger partial charge in [-0.1, -0.05) is 12.1 Å². The van der Waals surface area contributed by atoms with Crippen molar-refractivity contribution in [3.63, 3.8) is 0 Å². The van der Waals surface area contributed by atoms with Gasteiger partial charge in [0, 0.05) is 24.8 Å². The Morgan fingerprint density at radius 3 is 2.53 bits per heavy atom. The molecule has 1 aromatic carbocycles. The van der Waals surface area contributed by atoms with Crippen LogP contribution >= 0.6 is 0 Å². The monoisotopic (exact) mass is 233 g/mol. The number of nitrogens with zero attached hydrogens (tertiary/aromatic N) is 2. The topological polar surface area (TPSA) is 18.5 Å². The van der Waals surface area contributed by atoms with E-state index in [4.69, 9.17) is 0 Å². The zero-order valence-corrected chi connectivity index (χ0v) is 11.1. The van der Waals surface area contributed by atoms with Crippen LogP contribution in [0.4, 0.5) is 5.69 Å². The number of rotatable bonds is 4. The molecule has 1 saturated heterocycles. The average molecular weight is 233 g/mol. The summed E-state index contributed by atoms with van der Waals surface area (Å²) in [6.45, 7) is 3.36. The minimum Gasteiger partial charge on any atom is -0.381 e. The molecule has 0 saturated carbocycles. The highest BCUT2D eigenvalue weighted by molar-refractivity contribution is 5.45. The van der Waals surface area contributed by atoms with Crippen molar-refractivity contribution in [1.82, 2.24) is 9.80 Å².